The van der Waals surface area contributed by atoms with Crippen LogP contribution in [-0.2, 0) is 6.54 Å². The number of hydrogen-bond donors (Lipinski definition) is 1. The van der Waals surface area contributed by atoms with Gasteiger partial charge in [0.05, 0.1) is 0 Å². The number of benzene rings is 2. The van der Waals surface area contributed by atoms with Crippen LogP contribution in [0.2, 0.25) is 0 Å². The monoisotopic (exact) mass is 284 g/mol. The van der Waals surface area contributed by atoms with E-state index in [9.17, 15) is 4.39 Å². The summed E-state index contributed by atoms with van der Waals surface area (Å²) in [6.45, 7) is 4.91. The van der Waals surface area contributed by atoms with Gasteiger partial charge in [-0.15, -0.1) is 0 Å². The number of nitrogens with zero attached hydrogens (tertiary/aromatic N) is 1. The Morgan fingerprint density at radius 2 is 1.95 bits per heavy atom. The average Bonchev–Trinajstić information content (AvgIpc) is 2.50. The summed E-state index contributed by atoms with van der Waals surface area (Å²) in [7, 11) is 0. The van der Waals surface area contributed by atoms with Gasteiger partial charge in [-0.3, -0.25) is 4.90 Å². The first-order valence-electron chi connectivity index (χ1n) is 7.49. The molecule has 0 radical (unpaired) electrons. The van der Waals surface area contributed by atoms with Crippen LogP contribution in [-0.4, -0.2) is 24.0 Å². The zero-order valence-electron chi connectivity index (χ0n) is 12.3. The Morgan fingerprint density at radius 1 is 1.14 bits per heavy atom. The molecule has 0 saturated carbocycles. The van der Waals surface area contributed by atoms with Crippen molar-refractivity contribution in [3.63, 3.8) is 0 Å². The summed E-state index contributed by atoms with van der Waals surface area (Å²) in [6.07, 6.45) is 0. The number of nitrogens with one attached hydrogen (secondary N) is 1. The quantitative estimate of drug-likeness (QED) is 0.929. The molecule has 2 unspecified atom stereocenters. The smallest absolute Gasteiger partial charge is 0.123 e. The summed E-state index contributed by atoms with van der Waals surface area (Å²) >= 11 is 0. The molecule has 1 fully saturated rings. The van der Waals surface area contributed by atoms with E-state index in [-0.39, 0.29) is 5.82 Å². The highest BCUT2D eigenvalue weighted by molar-refractivity contribution is 5.21. The maximum absolute atomic E-state index is 13.3. The van der Waals surface area contributed by atoms with E-state index < -0.39 is 0 Å². The zero-order valence-corrected chi connectivity index (χ0v) is 12.3. The van der Waals surface area contributed by atoms with Gasteiger partial charge in [0.25, 0.3) is 0 Å². The maximum atomic E-state index is 13.3. The van der Waals surface area contributed by atoms with Crippen LogP contribution in [0.15, 0.2) is 54.6 Å². The van der Waals surface area contributed by atoms with Crippen molar-refractivity contribution in [3.05, 3.63) is 71.5 Å². The van der Waals surface area contributed by atoms with Crippen molar-refractivity contribution in [3.8, 4) is 0 Å². The number of hydrogen-bond acceptors (Lipinski definition) is 2. The molecule has 1 aliphatic rings. The summed E-state index contributed by atoms with van der Waals surface area (Å²) in [4.78, 5) is 2.42. The molecule has 1 N–H and O–H groups in total. The van der Waals surface area contributed by atoms with E-state index in [1.165, 1.54) is 11.6 Å². The molecule has 1 heterocycles. The first kappa shape index (κ1) is 14.2. The molecular weight excluding hydrogens is 263 g/mol. The Hall–Kier alpha value is -1.71. The van der Waals surface area contributed by atoms with Crippen molar-refractivity contribution in [2.75, 3.05) is 13.1 Å². The zero-order chi connectivity index (χ0) is 14.7. The van der Waals surface area contributed by atoms with Gasteiger partial charge in [-0.05, 0) is 30.2 Å². The van der Waals surface area contributed by atoms with Gasteiger partial charge in [0.15, 0.2) is 0 Å². The van der Waals surface area contributed by atoms with E-state index in [4.69, 9.17) is 0 Å². The van der Waals surface area contributed by atoms with Gasteiger partial charge in [0.2, 0.25) is 0 Å². The SMILES string of the molecule is CC1CNC(c2ccccc2)CN1Cc1cccc(F)c1. The summed E-state index contributed by atoms with van der Waals surface area (Å²) in [5.41, 5.74) is 2.35. The fourth-order valence-corrected chi connectivity index (χ4v) is 2.92. The minimum atomic E-state index is -0.158. The Balaban J connectivity index is 1.72. The van der Waals surface area contributed by atoms with Crippen molar-refractivity contribution < 1.29 is 4.39 Å². The third kappa shape index (κ3) is 3.49. The van der Waals surface area contributed by atoms with Gasteiger partial charge in [0.1, 0.15) is 5.82 Å². The van der Waals surface area contributed by atoms with Crippen LogP contribution in [0.25, 0.3) is 0 Å². The van der Waals surface area contributed by atoms with Crippen molar-refractivity contribution in [1.29, 1.82) is 0 Å². The van der Waals surface area contributed by atoms with Crippen molar-refractivity contribution in [2.45, 2.75) is 25.6 Å². The summed E-state index contributed by atoms with van der Waals surface area (Å²) in [5, 5.41) is 3.60. The average molecular weight is 284 g/mol. The topological polar surface area (TPSA) is 15.3 Å². The van der Waals surface area contributed by atoms with E-state index in [0.29, 0.717) is 12.1 Å². The Kier molecular flexibility index (Phi) is 4.32. The first-order valence-corrected chi connectivity index (χ1v) is 7.49. The normalized spacial score (nSPS) is 23.1. The molecule has 2 atom stereocenters. The summed E-state index contributed by atoms with van der Waals surface area (Å²) in [6, 6.07) is 18.2. The van der Waals surface area contributed by atoms with E-state index in [1.807, 2.05) is 12.1 Å². The molecule has 2 nitrogen and oxygen atoms in total. The van der Waals surface area contributed by atoms with Crippen LogP contribution in [0.5, 0.6) is 0 Å². The number of rotatable bonds is 3. The van der Waals surface area contributed by atoms with Crippen LogP contribution >= 0.6 is 0 Å². The fraction of sp³-hybridized carbons (Fsp3) is 0.333. The lowest BCUT2D eigenvalue weighted by Crippen LogP contribution is -2.50. The highest BCUT2D eigenvalue weighted by Crippen LogP contribution is 2.21. The van der Waals surface area contributed by atoms with E-state index in [0.717, 1.165) is 25.2 Å². The predicted molar refractivity (Wildman–Crippen MR) is 83.5 cm³/mol. The van der Waals surface area contributed by atoms with E-state index in [2.05, 4.69) is 41.4 Å². The molecule has 2 aromatic rings. The number of piperazine rings is 1. The second-order valence-electron chi connectivity index (χ2n) is 5.78. The standard InChI is InChI=1S/C18H21FN2/c1-14-11-20-18(16-7-3-2-4-8-16)13-21(14)12-15-6-5-9-17(19)10-15/h2-10,14,18,20H,11-13H2,1H3. The van der Waals surface area contributed by atoms with Crippen molar-refractivity contribution in [2.24, 2.45) is 0 Å². The molecule has 1 saturated heterocycles. The van der Waals surface area contributed by atoms with Gasteiger partial charge < -0.3 is 5.32 Å². The second-order valence-corrected chi connectivity index (χ2v) is 5.78. The van der Waals surface area contributed by atoms with Crippen LogP contribution in [0, 0.1) is 5.82 Å². The van der Waals surface area contributed by atoms with Crippen LogP contribution in [0.3, 0.4) is 0 Å². The Labute approximate surface area is 125 Å². The van der Waals surface area contributed by atoms with E-state index >= 15 is 0 Å². The molecule has 0 aromatic heterocycles. The van der Waals surface area contributed by atoms with Gasteiger partial charge in [-0.25, -0.2) is 4.39 Å². The maximum Gasteiger partial charge on any atom is 0.123 e. The molecule has 21 heavy (non-hydrogen) atoms. The molecule has 0 spiro atoms. The largest absolute Gasteiger partial charge is 0.307 e. The molecule has 0 aliphatic carbocycles. The Morgan fingerprint density at radius 3 is 2.71 bits per heavy atom. The van der Waals surface area contributed by atoms with Gasteiger partial charge in [0, 0.05) is 31.7 Å². The van der Waals surface area contributed by atoms with Crippen LogP contribution in [0.1, 0.15) is 24.1 Å². The third-order valence-corrected chi connectivity index (χ3v) is 4.18. The lowest BCUT2D eigenvalue weighted by molar-refractivity contribution is 0.133. The van der Waals surface area contributed by atoms with Gasteiger partial charge >= 0.3 is 0 Å². The predicted octanol–water partition coefficient (Wildman–Crippen LogP) is 3.36. The molecule has 0 amide bonds. The third-order valence-electron chi connectivity index (χ3n) is 4.18. The minimum Gasteiger partial charge on any atom is -0.307 e. The van der Waals surface area contributed by atoms with Gasteiger partial charge in [-0.2, -0.15) is 0 Å². The molecule has 2 aromatic carbocycles. The highest BCUT2D eigenvalue weighted by Gasteiger charge is 2.25. The molecule has 3 heteroatoms. The Bertz CT molecular complexity index is 585. The molecular formula is C18H21FN2. The summed E-state index contributed by atoms with van der Waals surface area (Å²) < 4.78 is 13.3. The highest BCUT2D eigenvalue weighted by atomic mass is 19.1. The van der Waals surface area contributed by atoms with E-state index in [1.54, 1.807) is 12.1 Å². The van der Waals surface area contributed by atoms with Gasteiger partial charge in [-0.1, -0.05) is 42.5 Å². The van der Waals surface area contributed by atoms with Crippen molar-refractivity contribution >= 4 is 0 Å². The molecule has 1 aliphatic heterocycles. The minimum absolute atomic E-state index is 0.158. The van der Waals surface area contributed by atoms with Crippen LogP contribution in [0.4, 0.5) is 4.39 Å². The summed E-state index contributed by atoms with van der Waals surface area (Å²) in [5.74, 6) is -0.158. The van der Waals surface area contributed by atoms with Crippen molar-refractivity contribution in [1.82, 2.24) is 10.2 Å². The molecule has 3 rings (SSSR count). The first-order chi connectivity index (χ1) is 10.2. The second kappa shape index (κ2) is 6.37. The van der Waals surface area contributed by atoms with Crippen LogP contribution < -0.4 is 5.32 Å². The lowest BCUT2D eigenvalue weighted by Gasteiger charge is -2.39. The lowest BCUT2D eigenvalue weighted by atomic mass is 10.0. The fourth-order valence-electron chi connectivity index (χ4n) is 2.92. The number of halogens is 1. The molecule has 110 valence electrons. The molecule has 0 bridgehead atoms.